The third-order valence-corrected chi connectivity index (χ3v) is 4.48. The summed E-state index contributed by atoms with van der Waals surface area (Å²) in [6.07, 6.45) is 6.13. The second kappa shape index (κ2) is 7.62. The lowest BCUT2D eigenvalue weighted by molar-refractivity contribution is -0.137. The Labute approximate surface area is 120 Å². The van der Waals surface area contributed by atoms with Gasteiger partial charge in [0.25, 0.3) is 0 Å². The number of carbonyl (C=O) groups is 2. The molecule has 5 heteroatoms. The lowest BCUT2D eigenvalue weighted by Crippen LogP contribution is -2.41. The van der Waals surface area contributed by atoms with Crippen molar-refractivity contribution in [2.45, 2.75) is 44.9 Å². The summed E-state index contributed by atoms with van der Waals surface area (Å²) in [7, 11) is 0. The second-order valence-electron chi connectivity index (χ2n) is 6.08. The van der Waals surface area contributed by atoms with E-state index >= 15 is 0 Å². The van der Waals surface area contributed by atoms with Gasteiger partial charge in [0.1, 0.15) is 0 Å². The molecule has 1 N–H and O–H groups in total. The van der Waals surface area contributed by atoms with E-state index < -0.39 is 5.97 Å². The van der Waals surface area contributed by atoms with Crippen LogP contribution in [-0.2, 0) is 9.59 Å². The topological polar surface area (TPSA) is 60.9 Å². The molecule has 0 aromatic carbocycles. The highest BCUT2D eigenvalue weighted by molar-refractivity contribution is 5.76. The highest BCUT2D eigenvalue weighted by Crippen LogP contribution is 2.21. The van der Waals surface area contributed by atoms with E-state index in [-0.39, 0.29) is 12.3 Å². The van der Waals surface area contributed by atoms with E-state index in [1.165, 1.54) is 12.8 Å². The van der Waals surface area contributed by atoms with Crippen LogP contribution < -0.4 is 0 Å². The van der Waals surface area contributed by atoms with Crippen LogP contribution in [0.25, 0.3) is 0 Å². The molecule has 0 spiro atoms. The number of amides is 1. The molecule has 0 aromatic rings. The number of carboxylic acids is 1. The van der Waals surface area contributed by atoms with Gasteiger partial charge in [0, 0.05) is 32.5 Å². The van der Waals surface area contributed by atoms with E-state index in [9.17, 15) is 9.59 Å². The first-order valence-corrected chi connectivity index (χ1v) is 7.87. The fraction of sp³-hybridized carbons (Fsp3) is 0.867. The lowest BCUT2D eigenvalue weighted by atomic mass is 9.93. The van der Waals surface area contributed by atoms with E-state index in [1.807, 2.05) is 4.90 Å². The number of aliphatic carboxylic acids is 1. The first-order chi connectivity index (χ1) is 9.65. The Morgan fingerprint density at radius 1 is 1.05 bits per heavy atom. The zero-order chi connectivity index (χ0) is 14.4. The smallest absolute Gasteiger partial charge is 0.303 e. The maximum Gasteiger partial charge on any atom is 0.303 e. The van der Waals surface area contributed by atoms with Crippen LogP contribution in [0.4, 0.5) is 0 Å². The van der Waals surface area contributed by atoms with E-state index in [0.717, 1.165) is 45.6 Å². The van der Waals surface area contributed by atoms with E-state index in [4.69, 9.17) is 5.11 Å². The molecule has 2 aliphatic rings. The van der Waals surface area contributed by atoms with Crippen molar-refractivity contribution in [3.05, 3.63) is 0 Å². The van der Waals surface area contributed by atoms with Crippen LogP contribution in [-0.4, -0.2) is 59.5 Å². The molecule has 0 radical (unpaired) electrons. The number of likely N-dealkylation sites (tertiary alicyclic amines) is 2. The quantitative estimate of drug-likeness (QED) is 0.803. The van der Waals surface area contributed by atoms with Gasteiger partial charge in [-0.25, -0.2) is 0 Å². The molecule has 0 aromatic heterocycles. The first kappa shape index (κ1) is 15.3. The van der Waals surface area contributed by atoms with Crippen LogP contribution in [0.3, 0.4) is 0 Å². The van der Waals surface area contributed by atoms with Crippen LogP contribution in [0.2, 0.25) is 0 Å². The monoisotopic (exact) mass is 282 g/mol. The van der Waals surface area contributed by atoms with E-state index in [1.54, 1.807) is 0 Å². The van der Waals surface area contributed by atoms with Gasteiger partial charge in [0.2, 0.25) is 5.91 Å². The molecule has 20 heavy (non-hydrogen) atoms. The van der Waals surface area contributed by atoms with Crippen molar-refractivity contribution in [3.8, 4) is 0 Å². The zero-order valence-corrected chi connectivity index (χ0v) is 12.2. The van der Waals surface area contributed by atoms with Gasteiger partial charge in [0.05, 0.1) is 0 Å². The normalized spacial score (nSPS) is 24.0. The van der Waals surface area contributed by atoms with Gasteiger partial charge in [-0.2, -0.15) is 0 Å². The third kappa shape index (κ3) is 4.78. The Bertz CT molecular complexity index is 340. The SMILES string of the molecule is O=C(O)CCC1CCCN(C(=O)CCN2CCCC2)C1. The standard InChI is InChI=1S/C15H26N2O3/c18-14(7-11-16-8-1-2-9-16)17-10-3-4-13(12-17)5-6-15(19)20/h13H,1-12H2,(H,19,20). The first-order valence-electron chi connectivity index (χ1n) is 7.87. The van der Waals surface area contributed by atoms with Crippen molar-refractivity contribution in [2.24, 2.45) is 5.92 Å². The van der Waals surface area contributed by atoms with Crippen molar-refractivity contribution < 1.29 is 14.7 Å². The summed E-state index contributed by atoms with van der Waals surface area (Å²) in [5.41, 5.74) is 0. The molecule has 0 aliphatic carbocycles. The van der Waals surface area contributed by atoms with Crippen molar-refractivity contribution in [1.82, 2.24) is 9.80 Å². The molecule has 1 amide bonds. The molecule has 114 valence electrons. The average molecular weight is 282 g/mol. The van der Waals surface area contributed by atoms with Crippen molar-refractivity contribution >= 4 is 11.9 Å². The van der Waals surface area contributed by atoms with Crippen LogP contribution in [0.5, 0.6) is 0 Å². The summed E-state index contributed by atoms with van der Waals surface area (Å²) in [6.45, 7) is 4.76. The van der Waals surface area contributed by atoms with Crippen molar-refractivity contribution in [2.75, 3.05) is 32.7 Å². The molecule has 0 bridgehead atoms. The third-order valence-electron chi connectivity index (χ3n) is 4.48. The Kier molecular flexibility index (Phi) is 5.83. The number of hydrogen-bond donors (Lipinski definition) is 1. The fourth-order valence-corrected chi connectivity index (χ4v) is 3.27. The Morgan fingerprint density at radius 3 is 2.50 bits per heavy atom. The van der Waals surface area contributed by atoms with Gasteiger partial charge in [-0.05, 0) is 51.1 Å². The molecular formula is C15H26N2O3. The van der Waals surface area contributed by atoms with Gasteiger partial charge < -0.3 is 14.9 Å². The molecule has 2 aliphatic heterocycles. The Hall–Kier alpha value is -1.10. The largest absolute Gasteiger partial charge is 0.481 e. The van der Waals surface area contributed by atoms with Crippen LogP contribution in [0.1, 0.15) is 44.9 Å². The maximum atomic E-state index is 12.2. The molecule has 0 saturated carbocycles. The second-order valence-corrected chi connectivity index (χ2v) is 6.08. The summed E-state index contributed by atoms with van der Waals surface area (Å²) in [4.78, 5) is 27.2. The molecule has 2 fully saturated rings. The number of piperidine rings is 1. The summed E-state index contributed by atoms with van der Waals surface area (Å²) < 4.78 is 0. The van der Waals surface area contributed by atoms with Crippen LogP contribution in [0, 0.1) is 5.92 Å². The zero-order valence-electron chi connectivity index (χ0n) is 12.2. The number of carbonyl (C=O) groups excluding carboxylic acids is 1. The van der Waals surface area contributed by atoms with Crippen molar-refractivity contribution in [1.29, 1.82) is 0 Å². The van der Waals surface area contributed by atoms with Gasteiger partial charge in [0.15, 0.2) is 0 Å². The minimum Gasteiger partial charge on any atom is -0.481 e. The molecule has 2 heterocycles. The number of hydrogen-bond acceptors (Lipinski definition) is 3. The number of carboxylic acid groups (broad SMARTS) is 1. The minimum atomic E-state index is -0.734. The molecule has 5 nitrogen and oxygen atoms in total. The fourth-order valence-electron chi connectivity index (χ4n) is 3.27. The van der Waals surface area contributed by atoms with Gasteiger partial charge in [-0.3, -0.25) is 9.59 Å². The molecular weight excluding hydrogens is 256 g/mol. The lowest BCUT2D eigenvalue weighted by Gasteiger charge is -2.33. The summed E-state index contributed by atoms with van der Waals surface area (Å²) in [6, 6.07) is 0. The van der Waals surface area contributed by atoms with E-state index in [0.29, 0.717) is 18.8 Å². The Morgan fingerprint density at radius 2 is 1.80 bits per heavy atom. The van der Waals surface area contributed by atoms with Crippen LogP contribution >= 0.6 is 0 Å². The van der Waals surface area contributed by atoms with E-state index in [2.05, 4.69) is 4.90 Å². The number of rotatable bonds is 6. The minimum absolute atomic E-state index is 0.223. The van der Waals surface area contributed by atoms with Gasteiger partial charge in [-0.15, -0.1) is 0 Å². The maximum absolute atomic E-state index is 12.2. The average Bonchev–Trinajstić information content (AvgIpc) is 2.96. The number of nitrogens with zero attached hydrogens (tertiary/aromatic N) is 2. The molecule has 2 rings (SSSR count). The van der Waals surface area contributed by atoms with Crippen molar-refractivity contribution in [3.63, 3.8) is 0 Å². The highest BCUT2D eigenvalue weighted by Gasteiger charge is 2.24. The summed E-state index contributed by atoms with van der Waals surface area (Å²) >= 11 is 0. The molecule has 1 unspecified atom stereocenters. The summed E-state index contributed by atoms with van der Waals surface area (Å²) in [5, 5.41) is 8.74. The van der Waals surface area contributed by atoms with Gasteiger partial charge >= 0.3 is 5.97 Å². The molecule has 1 atom stereocenters. The van der Waals surface area contributed by atoms with Gasteiger partial charge in [-0.1, -0.05) is 0 Å². The predicted molar refractivity (Wildman–Crippen MR) is 76.5 cm³/mol. The molecule has 2 saturated heterocycles. The summed E-state index contributed by atoms with van der Waals surface area (Å²) in [5.74, 6) is -0.116. The predicted octanol–water partition coefficient (Wildman–Crippen LogP) is 1.58. The Balaban J connectivity index is 1.70. The van der Waals surface area contributed by atoms with Crippen LogP contribution in [0.15, 0.2) is 0 Å². The highest BCUT2D eigenvalue weighted by atomic mass is 16.4.